The molecule has 25 heavy (non-hydrogen) atoms. The second-order valence-corrected chi connectivity index (χ2v) is 6.59. The van der Waals surface area contributed by atoms with Gasteiger partial charge in [-0.1, -0.05) is 18.2 Å². The highest BCUT2D eigenvalue weighted by Gasteiger charge is 2.30. The van der Waals surface area contributed by atoms with Crippen LogP contribution in [0, 0.1) is 19.7 Å². The Morgan fingerprint density at radius 3 is 2.36 bits per heavy atom. The van der Waals surface area contributed by atoms with Crippen LogP contribution in [-0.4, -0.2) is 42.2 Å². The number of carboxylic acids is 1. The second-order valence-electron chi connectivity index (χ2n) is 6.59. The smallest absolute Gasteiger partial charge is 0.325 e. The highest BCUT2D eigenvalue weighted by molar-refractivity contribution is 5.75. The normalized spacial score (nSPS) is 16.7. The first-order valence-electron chi connectivity index (χ1n) is 8.50. The maximum absolute atomic E-state index is 13.5. The van der Waals surface area contributed by atoms with Gasteiger partial charge in [0.05, 0.1) is 0 Å². The molecule has 0 radical (unpaired) electrons. The summed E-state index contributed by atoms with van der Waals surface area (Å²) < 4.78 is 13.5. The lowest BCUT2D eigenvalue weighted by molar-refractivity contribution is -0.143. The molecule has 132 valence electrons. The van der Waals surface area contributed by atoms with Crippen molar-refractivity contribution in [2.75, 3.05) is 31.1 Å². The molecule has 2 aromatic rings. The van der Waals surface area contributed by atoms with Crippen LogP contribution >= 0.6 is 0 Å². The van der Waals surface area contributed by atoms with Gasteiger partial charge in [-0.25, -0.2) is 4.39 Å². The number of hydrogen-bond acceptors (Lipinski definition) is 3. The number of anilines is 1. The second kappa shape index (κ2) is 7.23. The molecule has 0 bridgehead atoms. The third-order valence-corrected chi connectivity index (χ3v) is 4.93. The summed E-state index contributed by atoms with van der Waals surface area (Å²) in [5.74, 6) is -1.34. The van der Waals surface area contributed by atoms with Gasteiger partial charge in [0.15, 0.2) is 0 Å². The lowest BCUT2D eigenvalue weighted by atomic mass is 10.0. The summed E-state index contributed by atoms with van der Waals surface area (Å²) in [5.41, 5.74) is 4.18. The monoisotopic (exact) mass is 342 g/mol. The average Bonchev–Trinajstić information content (AvgIpc) is 2.58. The number of benzene rings is 2. The van der Waals surface area contributed by atoms with E-state index in [1.807, 2.05) is 4.90 Å². The Hall–Kier alpha value is -2.40. The molecule has 5 heteroatoms. The molecule has 1 saturated heterocycles. The number of carboxylic acid groups (broad SMARTS) is 1. The zero-order chi connectivity index (χ0) is 18.0. The van der Waals surface area contributed by atoms with Gasteiger partial charge in [-0.05, 0) is 54.8 Å². The van der Waals surface area contributed by atoms with Crippen molar-refractivity contribution in [1.82, 2.24) is 4.90 Å². The third kappa shape index (κ3) is 3.82. The Labute approximate surface area is 147 Å². The Balaban J connectivity index is 1.73. The van der Waals surface area contributed by atoms with Gasteiger partial charge in [0, 0.05) is 31.9 Å². The van der Waals surface area contributed by atoms with Gasteiger partial charge in [-0.3, -0.25) is 9.69 Å². The van der Waals surface area contributed by atoms with Gasteiger partial charge < -0.3 is 10.0 Å². The van der Waals surface area contributed by atoms with Gasteiger partial charge in [0.1, 0.15) is 11.9 Å². The van der Waals surface area contributed by atoms with Crippen LogP contribution in [-0.2, 0) is 4.79 Å². The van der Waals surface area contributed by atoms with Crippen molar-refractivity contribution in [2.45, 2.75) is 19.9 Å². The fourth-order valence-electron chi connectivity index (χ4n) is 3.35. The van der Waals surface area contributed by atoms with E-state index in [9.17, 15) is 14.3 Å². The average molecular weight is 342 g/mol. The summed E-state index contributed by atoms with van der Waals surface area (Å²) in [4.78, 5) is 15.9. The van der Waals surface area contributed by atoms with Crippen LogP contribution in [0.1, 0.15) is 22.7 Å². The number of hydrogen-bond donors (Lipinski definition) is 1. The van der Waals surface area contributed by atoms with E-state index in [1.165, 1.54) is 28.9 Å². The van der Waals surface area contributed by atoms with E-state index < -0.39 is 17.8 Å². The summed E-state index contributed by atoms with van der Waals surface area (Å²) >= 11 is 0. The minimum atomic E-state index is -0.940. The molecule has 1 aliphatic rings. The zero-order valence-corrected chi connectivity index (χ0v) is 14.6. The van der Waals surface area contributed by atoms with Crippen LogP contribution in [0.2, 0.25) is 0 Å². The van der Waals surface area contributed by atoms with Crippen LogP contribution in [0.15, 0.2) is 42.5 Å². The topological polar surface area (TPSA) is 43.8 Å². The van der Waals surface area contributed by atoms with Crippen molar-refractivity contribution in [3.63, 3.8) is 0 Å². The standard InChI is InChI=1S/C20H23FN2O2/c1-14-6-7-18(12-15(14)2)22-8-10-23(11-9-22)19(20(24)25)16-4-3-5-17(21)13-16/h3-7,12-13,19H,8-11H2,1-2H3,(H,24,25)/t19-/m1/s1. The van der Waals surface area contributed by atoms with Crippen molar-refractivity contribution in [3.05, 3.63) is 65.0 Å². The molecule has 1 N–H and O–H groups in total. The Morgan fingerprint density at radius 1 is 1.04 bits per heavy atom. The number of halogens is 1. The highest BCUT2D eigenvalue weighted by atomic mass is 19.1. The van der Waals surface area contributed by atoms with Gasteiger partial charge in [-0.2, -0.15) is 0 Å². The van der Waals surface area contributed by atoms with Crippen LogP contribution in [0.3, 0.4) is 0 Å². The predicted molar refractivity (Wildman–Crippen MR) is 96.5 cm³/mol. The van der Waals surface area contributed by atoms with E-state index >= 15 is 0 Å². The van der Waals surface area contributed by atoms with E-state index in [4.69, 9.17) is 0 Å². The molecule has 0 aromatic heterocycles. The minimum absolute atomic E-state index is 0.405. The molecule has 0 saturated carbocycles. The van der Waals surface area contributed by atoms with Crippen molar-refractivity contribution in [2.24, 2.45) is 0 Å². The van der Waals surface area contributed by atoms with Gasteiger partial charge in [0.2, 0.25) is 0 Å². The molecule has 0 amide bonds. The molecular formula is C20H23FN2O2. The van der Waals surface area contributed by atoms with Crippen LogP contribution in [0.4, 0.5) is 10.1 Å². The fraction of sp³-hybridized carbons (Fsp3) is 0.350. The van der Waals surface area contributed by atoms with Gasteiger partial charge in [-0.15, -0.1) is 0 Å². The van der Waals surface area contributed by atoms with Crippen molar-refractivity contribution >= 4 is 11.7 Å². The van der Waals surface area contributed by atoms with E-state index in [0.29, 0.717) is 18.7 Å². The predicted octanol–water partition coefficient (Wildman–Crippen LogP) is 3.39. The van der Waals surface area contributed by atoms with E-state index in [1.54, 1.807) is 12.1 Å². The molecule has 3 rings (SSSR count). The molecule has 1 atom stereocenters. The summed E-state index contributed by atoms with van der Waals surface area (Å²) in [5, 5.41) is 9.64. The maximum atomic E-state index is 13.5. The van der Waals surface area contributed by atoms with Crippen LogP contribution < -0.4 is 4.90 Å². The van der Waals surface area contributed by atoms with E-state index in [-0.39, 0.29) is 0 Å². The van der Waals surface area contributed by atoms with Crippen molar-refractivity contribution in [1.29, 1.82) is 0 Å². The largest absolute Gasteiger partial charge is 0.480 e. The van der Waals surface area contributed by atoms with Crippen LogP contribution in [0.5, 0.6) is 0 Å². The minimum Gasteiger partial charge on any atom is -0.480 e. The molecule has 0 aliphatic carbocycles. The quantitative estimate of drug-likeness (QED) is 0.925. The highest BCUT2D eigenvalue weighted by Crippen LogP contribution is 2.26. The molecule has 1 aliphatic heterocycles. The van der Waals surface area contributed by atoms with Gasteiger partial charge >= 0.3 is 5.97 Å². The lowest BCUT2D eigenvalue weighted by Crippen LogP contribution is -2.49. The summed E-state index contributed by atoms with van der Waals surface area (Å²) in [6.07, 6.45) is 0. The third-order valence-electron chi connectivity index (χ3n) is 4.93. The van der Waals surface area contributed by atoms with Crippen molar-refractivity contribution < 1.29 is 14.3 Å². The number of carbonyl (C=O) groups is 1. The molecule has 1 fully saturated rings. The molecule has 0 unspecified atom stereocenters. The summed E-state index contributed by atoms with van der Waals surface area (Å²) in [7, 11) is 0. The van der Waals surface area contributed by atoms with Gasteiger partial charge in [0.25, 0.3) is 0 Å². The Bertz CT molecular complexity index is 770. The molecule has 1 heterocycles. The first kappa shape index (κ1) is 17.4. The molecule has 4 nitrogen and oxygen atoms in total. The Morgan fingerprint density at radius 2 is 1.76 bits per heavy atom. The summed E-state index contributed by atoms with van der Waals surface area (Å²) in [6.45, 7) is 6.94. The number of aliphatic carboxylic acids is 1. The number of nitrogens with zero attached hydrogens (tertiary/aromatic N) is 2. The van der Waals surface area contributed by atoms with E-state index in [0.717, 1.165) is 13.1 Å². The number of rotatable bonds is 4. The first-order chi connectivity index (χ1) is 12.0. The fourth-order valence-corrected chi connectivity index (χ4v) is 3.35. The van der Waals surface area contributed by atoms with Crippen molar-refractivity contribution in [3.8, 4) is 0 Å². The SMILES string of the molecule is Cc1ccc(N2CCN([C@@H](C(=O)O)c3cccc(F)c3)CC2)cc1C. The maximum Gasteiger partial charge on any atom is 0.325 e. The zero-order valence-electron chi connectivity index (χ0n) is 14.6. The summed E-state index contributed by atoms with van der Waals surface area (Å²) in [6, 6.07) is 11.5. The molecular weight excluding hydrogens is 319 g/mol. The number of piperazine rings is 1. The Kier molecular flexibility index (Phi) is 5.04. The lowest BCUT2D eigenvalue weighted by Gasteiger charge is -2.39. The molecule has 0 spiro atoms. The molecule has 2 aromatic carbocycles. The first-order valence-corrected chi connectivity index (χ1v) is 8.50. The van der Waals surface area contributed by atoms with Crippen LogP contribution in [0.25, 0.3) is 0 Å². The number of aryl methyl sites for hydroxylation is 2. The van der Waals surface area contributed by atoms with E-state index in [2.05, 4.69) is 36.9 Å².